The van der Waals surface area contributed by atoms with E-state index in [-0.39, 0.29) is 23.8 Å². The fourth-order valence-corrected chi connectivity index (χ4v) is 5.29. The number of aromatic amines is 1. The van der Waals surface area contributed by atoms with Crippen molar-refractivity contribution in [2.45, 2.75) is 46.1 Å². The molecule has 0 radical (unpaired) electrons. The van der Waals surface area contributed by atoms with Crippen LogP contribution in [0.25, 0.3) is 0 Å². The van der Waals surface area contributed by atoms with Gasteiger partial charge in [-0.2, -0.15) is 5.10 Å². The summed E-state index contributed by atoms with van der Waals surface area (Å²) in [5, 5.41) is 25.9. The SMILES string of the molecule is Cc1n[nH]c(C)c1C(=O)Nc1ccc(Nc2ccc(NC(=O)C3=CC=C(N4CCC(O)CC4)C(C)C3)cc2)cc1. The van der Waals surface area contributed by atoms with Crippen LogP contribution in [-0.2, 0) is 4.79 Å². The van der Waals surface area contributed by atoms with Crippen molar-refractivity contribution in [2.24, 2.45) is 5.92 Å². The maximum absolute atomic E-state index is 12.9. The molecule has 1 aliphatic carbocycles. The quantitative estimate of drug-likeness (QED) is 0.278. The van der Waals surface area contributed by atoms with E-state index in [4.69, 9.17) is 0 Å². The second kappa shape index (κ2) is 11.8. The average molecular weight is 541 g/mol. The van der Waals surface area contributed by atoms with E-state index < -0.39 is 0 Å². The van der Waals surface area contributed by atoms with E-state index in [1.807, 2.05) is 61.5 Å². The summed E-state index contributed by atoms with van der Waals surface area (Å²) in [6.45, 7) is 7.49. The number of aliphatic hydroxyl groups is 1. The fraction of sp³-hybridized carbons (Fsp3) is 0.323. The molecule has 9 nitrogen and oxygen atoms in total. The largest absolute Gasteiger partial charge is 0.393 e. The molecule has 2 amide bonds. The topological polar surface area (TPSA) is 122 Å². The number of H-pyrrole nitrogens is 1. The molecule has 208 valence electrons. The summed E-state index contributed by atoms with van der Waals surface area (Å²) in [6, 6.07) is 15.0. The number of carbonyl (C=O) groups is 2. The minimum atomic E-state index is -0.198. The Morgan fingerprint density at radius 2 is 1.43 bits per heavy atom. The summed E-state index contributed by atoms with van der Waals surface area (Å²) in [7, 11) is 0. The first-order valence-corrected chi connectivity index (χ1v) is 13.7. The number of hydrogen-bond donors (Lipinski definition) is 5. The van der Waals surface area contributed by atoms with Crippen LogP contribution in [0.1, 0.15) is 47.9 Å². The molecule has 40 heavy (non-hydrogen) atoms. The van der Waals surface area contributed by atoms with Gasteiger partial charge in [0, 0.05) is 58.7 Å². The number of aryl methyl sites for hydroxylation is 2. The number of rotatable bonds is 7. The Balaban J connectivity index is 1.14. The summed E-state index contributed by atoms with van der Waals surface area (Å²) >= 11 is 0. The number of hydrogen-bond acceptors (Lipinski definition) is 6. The number of piperidine rings is 1. The zero-order chi connectivity index (χ0) is 28.2. The Labute approximate surface area is 234 Å². The number of likely N-dealkylation sites (tertiary alicyclic amines) is 1. The molecule has 1 atom stereocenters. The number of nitrogens with zero attached hydrogens (tertiary/aromatic N) is 2. The van der Waals surface area contributed by atoms with Gasteiger partial charge in [-0.15, -0.1) is 0 Å². The molecule has 0 bridgehead atoms. The highest BCUT2D eigenvalue weighted by Crippen LogP contribution is 2.30. The smallest absolute Gasteiger partial charge is 0.259 e. The molecule has 2 heterocycles. The molecule has 9 heteroatoms. The number of nitrogens with one attached hydrogen (secondary N) is 4. The van der Waals surface area contributed by atoms with Crippen molar-refractivity contribution in [1.82, 2.24) is 15.1 Å². The molecule has 1 aliphatic heterocycles. The van der Waals surface area contributed by atoms with Gasteiger partial charge in [0.05, 0.1) is 17.4 Å². The lowest BCUT2D eigenvalue weighted by atomic mass is 9.90. The zero-order valence-corrected chi connectivity index (χ0v) is 23.1. The van der Waals surface area contributed by atoms with Crippen LogP contribution in [-0.4, -0.2) is 51.2 Å². The number of aromatic nitrogens is 2. The first kappa shape index (κ1) is 27.2. The molecule has 2 aliphatic rings. The Morgan fingerprint density at radius 1 is 0.875 bits per heavy atom. The van der Waals surface area contributed by atoms with Crippen LogP contribution in [0.5, 0.6) is 0 Å². The number of amides is 2. The third-order valence-electron chi connectivity index (χ3n) is 7.54. The van der Waals surface area contributed by atoms with Crippen molar-refractivity contribution >= 4 is 34.6 Å². The summed E-state index contributed by atoms with van der Waals surface area (Å²) in [5.41, 5.74) is 7.14. The standard InChI is InChI=1S/C31H36N6O3/c1-19-18-22(4-13-28(19)37-16-14-27(38)15-17-37)30(39)33-25-9-5-23(6-10-25)32-24-7-11-26(12-8-24)34-31(40)29-20(2)35-36-21(29)3/h4-13,19,27,32,38H,14-18H2,1-3H3,(H,33,39)(H,34,40)(H,35,36). The van der Waals surface area contributed by atoms with Gasteiger partial charge in [-0.05, 0) is 87.7 Å². The molecule has 5 rings (SSSR count). The highest BCUT2D eigenvalue weighted by atomic mass is 16.3. The van der Waals surface area contributed by atoms with Crippen molar-refractivity contribution in [3.63, 3.8) is 0 Å². The molecular formula is C31H36N6O3. The molecule has 0 saturated carbocycles. The maximum atomic E-state index is 12.9. The van der Waals surface area contributed by atoms with Crippen molar-refractivity contribution in [2.75, 3.05) is 29.0 Å². The molecule has 1 fully saturated rings. The lowest BCUT2D eigenvalue weighted by molar-refractivity contribution is -0.113. The highest BCUT2D eigenvalue weighted by Gasteiger charge is 2.26. The molecule has 1 aromatic heterocycles. The number of allylic oxidation sites excluding steroid dienone is 3. The maximum Gasteiger partial charge on any atom is 0.259 e. The van der Waals surface area contributed by atoms with Crippen molar-refractivity contribution in [1.29, 1.82) is 0 Å². The Bertz CT molecular complexity index is 1410. The lowest BCUT2D eigenvalue weighted by Crippen LogP contribution is -2.37. The first-order valence-electron chi connectivity index (χ1n) is 13.7. The Kier molecular flexibility index (Phi) is 8.02. The lowest BCUT2D eigenvalue weighted by Gasteiger charge is -2.37. The van der Waals surface area contributed by atoms with E-state index in [2.05, 4.69) is 44.0 Å². The van der Waals surface area contributed by atoms with E-state index in [1.165, 1.54) is 5.70 Å². The molecule has 1 saturated heterocycles. The molecule has 1 unspecified atom stereocenters. The minimum Gasteiger partial charge on any atom is -0.393 e. The van der Waals surface area contributed by atoms with Gasteiger partial charge in [-0.25, -0.2) is 0 Å². The van der Waals surface area contributed by atoms with Gasteiger partial charge in [-0.1, -0.05) is 13.0 Å². The van der Waals surface area contributed by atoms with Crippen LogP contribution in [0.15, 0.2) is 72.0 Å². The molecule has 2 aromatic carbocycles. The van der Waals surface area contributed by atoms with Crippen LogP contribution in [0.4, 0.5) is 22.7 Å². The third-order valence-corrected chi connectivity index (χ3v) is 7.54. The normalized spacial score (nSPS) is 17.6. The minimum absolute atomic E-state index is 0.0876. The zero-order valence-electron chi connectivity index (χ0n) is 23.1. The first-order chi connectivity index (χ1) is 19.3. The van der Waals surface area contributed by atoms with Gasteiger partial charge in [0.1, 0.15) is 0 Å². The summed E-state index contributed by atoms with van der Waals surface area (Å²) in [5.74, 6) is -0.0266. The molecule has 5 N–H and O–H groups in total. The Hall–Kier alpha value is -4.37. The average Bonchev–Trinajstić information content (AvgIpc) is 3.29. The molecule has 0 spiro atoms. The number of aliphatic hydroxyl groups excluding tert-OH is 1. The second-order valence-corrected chi connectivity index (χ2v) is 10.6. The summed E-state index contributed by atoms with van der Waals surface area (Å²) < 4.78 is 0. The van der Waals surface area contributed by atoms with E-state index in [0.29, 0.717) is 23.4 Å². The van der Waals surface area contributed by atoms with Gasteiger partial charge < -0.3 is 26.0 Å². The van der Waals surface area contributed by atoms with Crippen LogP contribution in [0, 0.1) is 19.8 Å². The third kappa shape index (κ3) is 6.26. The molecule has 3 aromatic rings. The van der Waals surface area contributed by atoms with Crippen LogP contribution in [0.2, 0.25) is 0 Å². The Morgan fingerprint density at radius 3 is 1.95 bits per heavy atom. The number of anilines is 4. The summed E-state index contributed by atoms with van der Waals surface area (Å²) in [6.07, 6.45) is 6.06. The predicted molar refractivity (Wildman–Crippen MR) is 158 cm³/mol. The van der Waals surface area contributed by atoms with Crippen LogP contribution < -0.4 is 16.0 Å². The van der Waals surface area contributed by atoms with Gasteiger partial charge in [0.25, 0.3) is 11.8 Å². The summed E-state index contributed by atoms with van der Waals surface area (Å²) in [4.78, 5) is 27.8. The van der Waals surface area contributed by atoms with Crippen LogP contribution >= 0.6 is 0 Å². The van der Waals surface area contributed by atoms with E-state index in [1.54, 1.807) is 6.92 Å². The van der Waals surface area contributed by atoms with Gasteiger partial charge in [-0.3, -0.25) is 14.7 Å². The number of benzene rings is 2. The van der Waals surface area contributed by atoms with Crippen molar-refractivity contribution < 1.29 is 14.7 Å². The van der Waals surface area contributed by atoms with Crippen molar-refractivity contribution in [3.05, 3.63) is 88.9 Å². The second-order valence-electron chi connectivity index (χ2n) is 10.6. The molecular weight excluding hydrogens is 504 g/mol. The van der Waals surface area contributed by atoms with E-state index in [9.17, 15) is 14.7 Å². The number of carbonyl (C=O) groups excluding carboxylic acids is 2. The van der Waals surface area contributed by atoms with Crippen LogP contribution in [0.3, 0.4) is 0 Å². The van der Waals surface area contributed by atoms with Gasteiger partial charge in [0.2, 0.25) is 0 Å². The van der Waals surface area contributed by atoms with Gasteiger partial charge in [0.15, 0.2) is 0 Å². The van der Waals surface area contributed by atoms with Gasteiger partial charge >= 0.3 is 0 Å². The predicted octanol–water partition coefficient (Wildman–Crippen LogP) is 5.27. The van der Waals surface area contributed by atoms with E-state index >= 15 is 0 Å². The van der Waals surface area contributed by atoms with E-state index in [0.717, 1.165) is 54.3 Å². The fourth-order valence-electron chi connectivity index (χ4n) is 5.29. The monoisotopic (exact) mass is 540 g/mol. The van der Waals surface area contributed by atoms with Crippen molar-refractivity contribution in [3.8, 4) is 0 Å². The highest BCUT2D eigenvalue weighted by molar-refractivity contribution is 6.06.